The van der Waals surface area contributed by atoms with Crippen LogP contribution < -0.4 is 10.6 Å². The van der Waals surface area contributed by atoms with Gasteiger partial charge in [0.05, 0.1) is 21.7 Å². The molecule has 0 spiro atoms. The quantitative estimate of drug-likeness (QED) is 0.271. The summed E-state index contributed by atoms with van der Waals surface area (Å²) in [5.74, 6) is 2.47. The molecule has 9 heteroatoms. The van der Waals surface area contributed by atoms with Gasteiger partial charge in [0.15, 0.2) is 0 Å². The Bertz CT molecular complexity index is 1180. The van der Waals surface area contributed by atoms with Crippen molar-refractivity contribution in [2.24, 2.45) is 11.8 Å². The zero-order valence-corrected chi connectivity index (χ0v) is 22.2. The highest BCUT2D eigenvalue weighted by molar-refractivity contribution is 7.21. The third-order valence-electron chi connectivity index (χ3n) is 8.00. The minimum Gasteiger partial charge on any atom is -0.396 e. The molecule has 0 saturated heterocycles. The molecule has 0 aromatic carbocycles. The van der Waals surface area contributed by atoms with Gasteiger partial charge in [0.2, 0.25) is 5.95 Å². The second kappa shape index (κ2) is 10.9. The van der Waals surface area contributed by atoms with Crippen LogP contribution in [0, 0.1) is 18.8 Å². The number of hydrogen-bond donors (Lipinski definition) is 4. The fraction of sp³-hybridized carbons (Fsp3) is 0.630. The molecular weight excluding hydrogens is 472 g/mol. The van der Waals surface area contributed by atoms with E-state index in [0.717, 1.165) is 57.4 Å². The van der Waals surface area contributed by atoms with Crippen LogP contribution in [-0.4, -0.2) is 55.4 Å². The first-order valence-corrected chi connectivity index (χ1v) is 14.3. The Labute approximate surface area is 217 Å². The van der Waals surface area contributed by atoms with E-state index in [9.17, 15) is 10.2 Å². The van der Waals surface area contributed by atoms with Gasteiger partial charge < -0.3 is 20.8 Å². The molecule has 0 amide bonds. The van der Waals surface area contributed by atoms with Crippen LogP contribution in [0.25, 0.3) is 20.8 Å². The Balaban J connectivity index is 1.49. The van der Waals surface area contributed by atoms with E-state index in [0.29, 0.717) is 18.3 Å². The summed E-state index contributed by atoms with van der Waals surface area (Å²) in [6.07, 6.45) is 11.7. The molecule has 36 heavy (non-hydrogen) atoms. The molecule has 3 heterocycles. The summed E-state index contributed by atoms with van der Waals surface area (Å²) in [5, 5.41) is 27.3. The Morgan fingerprint density at radius 3 is 2.67 bits per heavy atom. The maximum atomic E-state index is 9.64. The minimum absolute atomic E-state index is 0.0421. The van der Waals surface area contributed by atoms with Gasteiger partial charge in [0.25, 0.3) is 0 Å². The van der Waals surface area contributed by atoms with Crippen molar-refractivity contribution in [1.29, 1.82) is 0 Å². The van der Waals surface area contributed by atoms with Crippen molar-refractivity contribution in [3.05, 3.63) is 23.7 Å². The second-order valence-corrected chi connectivity index (χ2v) is 11.4. The predicted molar refractivity (Wildman–Crippen MR) is 145 cm³/mol. The number of pyridine rings is 1. The standard InChI is InChI=1S/C27H38N6O2S/c1-3-18(16-35)8-13-29-24-22(25-31-23-20(10-15-34)28-14-9-21(23)36-25)17(2)30-26(32-24)33-27(11-12-27)19-6-4-5-7-19/h9,14,18-19,34-35H,3-8,10-13,15-16H2,1-2H3,(H2,29,30,32,33). The normalized spacial score (nSPS) is 18.0. The molecule has 2 aliphatic carbocycles. The molecule has 8 nitrogen and oxygen atoms in total. The molecule has 194 valence electrons. The molecule has 2 saturated carbocycles. The lowest BCUT2D eigenvalue weighted by molar-refractivity contribution is 0.217. The van der Waals surface area contributed by atoms with E-state index in [-0.39, 0.29) is 24.7 Å². The monoisotopic (exact) mass is 510 g/mol. The maximum absolute atomic E-state index is 9.64. The molecule has 0 radical (unpaired) electrons. The van der Waals surface area contributed by atoms with Crippen molar-refractivity contribution < 1.29 is 10.2 Å². The lowest BCUT2D eigenvalue weighted by Crippen LogP contribution is -2.31. The number of nitrogens with one attached hydrogen (secondary N) is 2. The van der Waals surface area contributed by atoms with Gasteiger partial charge in [-0.1, -0.05) is 26.2 Å². The highest BCUT2D eigenvalue weighted by Crippen LogP contribution is 2.51. The highest BCUT2D eigenvalue weighted by Gasteiger charge is 2.50. The van der Waals surface area contributed by atoms with Gasteiger partial charge in [0.1, 0.15) is 16.3 Å². The van der Waals surface area contributed by atoms with Crippen molar-refractivity contribution in [3.8, 4) is 10.6 Å². The molecule has 4 N–H and O–H groups in total. The SMILES string of the molecule is CCC(CO)CCNc1nc(NC2(C3CCCC3)CC2)nc(C)c1-c1nc2c(CCO)nccc2s1. The number of thiazole rings is 1. The molecule has 3 aromatic rings. The largest absolute Gasteiger partial charge is 0.396 e. The zero-order chi connectivity index (χ0) is 25.1. The minimum atomic E-state index is 0.0421. The lowest BCUT2D eigenvalue weighted by atomic mass is 9.96. The number of aromatic nitrogens is 4. The first kappa shape index (κ1) is 25.3. The zero-order valence-electron chi connectivity index (χ0n) is 21.4. The number of rotatable bonds is 12. The Morgan fingerprint density at radius 2 is 1.97 bits per heavy atom. The van der Waals surface area contributed by atoms with Crippen LogP contribution in [-0.2, 0) is 6.42 Å². The van der Waals surface area contributed by atoms with Gasteiger partial charge in [0, 0.05) is 37.9 Å². The van der Waals surface area contributed by atoms with E-state index >= 15 is 0 Å². The summed E-state index contributed by atoms with van der Waals surface area (Å²) in [6, 6.07) is 1.97. The van der Waals surface area contributed by atoms with Crippen LogP contribution in [0.3, 0.4) is 0 Å². The van der Waals surface area contributed by atoms with E-state index < -0.39 is 0 Å². The number of nitrogens with zero attached hydrogens (tertiary/aromatic N) is 4. The molecular formula is C27H38N6O2S. The lowest BCUT2D eigenvalue weighted by Gasteiger charge is -2.25. The second-order valence-electron chi connectivity index (χ2n) is 10.4. The van der Waals surface area contributed by atoms with E-state index in [1.54, 1.807) is 17.5 Å². The van der Waals surface area contributed by atoms with Crippen LogP contribution in [0.4, 0.5) is 11.8 Å². The van der Waals surface area contributed by atoms with Gasteiger partial charge in [-0.05, 0) is 56.9 Å². The molecule has 3 aromatic heterocycles. The summed E-state index contributed by atoms with van der Waals surface area (Å²) in [7, 11) is 0. The smallest absolute Gasteiger partial charge is 0.225 e. The number of anilines is 2. The number of aliphatic hydroxyl groups excluding tert-OH is 2. The summed E-state index contributed by atoms with van der Waals surface area (Å²) < 4.78 is 1.04. The highest BCUT2D eigenvalue weighted by atomic mass is 32.1. The number of fused-ring (bicyclic) bond motifs is 1. The Morgan fingerprint density at radius 1 is 1.17 bits per heavy atom. The number of aryl methyl sites for hydroxylation is 1. The molecule has 1 unspecified atom stereocenters. The average molecular weight is 511 g/mol. The fourth-order valence-corrected chi connectivity index (χ4v) is 6.69. The van der Waals surface area contributed by atoms with E-state index in [1.807, 2.05) is 13.0 Å². The van der Waals surface area contributed by atoms with Crippen molar-refractivity contribution >= 4 is 33.3 Å². The summed E-state index contributed by atoms with van der Waals surface area (Å²) >= 11 is 1.61. The number of aliphatic hydroxyl groups is 2. The van der Waals surface area contributed by atoms with Crippen molar-refractivity contribution in [2.75, 3.05) is 30.4 Å². The van der Waals surface area contributed by atoms with Crippen LogP contribution >= 0.6 is 11.3 Å². The fourth-order valence-electron chi connectivity index (χ4n) is 5.61. The molecule has 5 rings (SSSR count). The maximum Gasteiger partial charge on any atom is 0.225 e. The van der Waals surface area contributed by atoms with Gasteiger partial charge in [-0.15, -0.1) is 11.3 Å². The Hall–Kier alpha value is -2.36. The molecule has 0 bridgehead atoms. The third kappa shape index (κ3) is 5.19. The van der Waals surface area contributed by atoms with Crippen molar-refractivity contribution in [2.45, 2.75) is 77.2 Å². The van der Waals surface area contributed by atoms with Crippen molar-refractivity contribution in [1.82, 2.24) is 19.9 Å². The van der Waals surface area contributed by atoms with Gasteiger partial charge >= 0.3 is 0 Å². The molecule has 2 fully saturated rings. The van der Waals surface area contributed by atoms with Gasteiger partial charge in [-0.2, -0.15) is 4.98 Å². The van der Waals surface area contributed by atoms with E-state index in [4.69, 9.17) is 15.0 Å². The van der Waals surface area contributed by atoms with Gasteiger partial charge in [-0.3, -0.25) is 4.98 Å². The van der Waals surface area contributed by atoms with Crippen LogP contribution in [0.2, 0.25) is 0 Å². The van der Waals surface area contributed by atoms with Crippen LogP contribution in [0.1, 0.15) is 69.7 Å². The summed E-state index contributed by atoms with van der Waals surface area (Å²) in [6.45, 7) is 5.10. The third-order valence-corrected chi connectivity index (χ3v) is 9.04. The van der Waals surface area contributed by atoms with Crippen LogP contribution in [0.15, 0.2) is 12.3 Å². The summed E-state index contributed by atoms with van der Waals surface area (Å²) in [5.41, 5.74) is 3.61. The van der Waals surface area contributed by atoms with Gasteiger partial charge in [-0.25, -0.2) is 9.97 Å². The van der Waals surface area contributed by atoms with Crippen LogP contribution in [0.5, 0.6) is 0 Å². The first-order valence-electron chi connectivity index (χ1n) is 13.4. The summed E-state index contributed by atoms with van der Waals surface area (Å²) in [4.78, 5) is 19.3. The topological polar surface area (TPSA) is 116 Å². The van der Waals surface area contributed by atoms with Crippen molar-refractivity contribution in [3.63, 3.8) is 0 Å². The predicted octanol–water partition coefficient (Wildman–Crippen LogP) is 4.95. The molecule has 0 aliphatic heterocycles. The average Bonchev–Trinajstić information content (AvgIpc) is 3.26. The Kier molecular flexibility index (Phi) is 7.69. The molecule has 1 atom stereocenters. The van der Waals surface area contributed by atoms with E-state index in [2.05, 4.69) is 22.5 Å². The first-order chi connectivity index (χ1) is 17.6. The molecule has 2 aliphatic rings. The number of hydrogen-bond acceptors (Lipinski definition) is 9. The van der Waals surface area contributed by atoms with E-state index in [1.165, 1.54) is 38.5 Å².